The lowest BCUT2D eigenvalue weighted by Crippen LogP contribution is -2.33. The largest absolute Gasteiger partial charge is 0.461 e. The highest BCUT2D eigenvalue weighted by Gasteiger charge is 2.25. The number of benzene rings is 2. The third-order valence-electron chi connectivity index (χ3n) is 4.30. The molecular weight excluding hydrogens is 408 g/mol. The van der Waals surface area contributed by atoms with Gasteiger partial charge in [0.2, 0.25) is 0 Å². The highest BCUT2D eigenvalue weighted by atomic mass is 35.5. The van der Waals surface area contributed by atoms with E-state index in [9.17, 15) is 9.59 Å². The van der Waals surface area contributed by atoms with E-state index < -0.39 is 5.97 Å². The van der Waals surface area contributed by atoms with Crippen LogP contribution in [0.25, 0.3) is 0 Å². The summed E-state index contributed by atoms with van der Waals surface area (Å²) < 4.78 is 5.08. The lowest BCUT2D eigenvalue weighted by Gasteiger charge is -2.20. The number of carbonyl (C=O) groups excluding carboxylic acids is 2. The Labute approximate surface area is 178 Å². The molecule has 2 aromatic carbocycles. The lowest BCUT2D eigenvalue weighted by molar-refractivity contribution is 0.0519. The van der Waals surface area contributed by atoms with Crippen molar-refractivity contribution in [3.63, 3.8) is 0 Å². The molecule has 0 aliphatic carbocycles. The van der Waals surface area contributed by atoms with Gasteiger partial charge in [-0.1, -0.05) is 54.1 Å². The molecule has 0 spiro atoms. The van der Waals surface area contributed by atoms with Gasteiger partial charge in [-0.25, -0.2) is 9.78 Å². The molecule has 3 rings (SSSR count). The van der Waals surface area contributed by atoms with Gasteiger partial charge in [-0.3, -0.25) is 9.69 Å². The predicted molar refractivity (Wildman–Crippen MR) is 116 cm³/mol. The molecule has 0 atom stereocenters. The number of hydrogen-bond donors (Lipinski definition) is 0. The van der Waals surface area contributed by atoms with Crippen molar-refractivity contribution in [2.45, 2.75) is 20.3 Å². The van der Waals surface area contributed by atoms with Crippen molar-refractivity contribution in [3.05, 3.63) is 81.3 Å². The minimum Gasteiger partial charge on any atom is -0.461 e. The van der Waals surface area contributed by atoms with E-state index in [0.717, 1.165) is 5.56 Å². The van der Waals surface area contributed by atoms with Crippen LogP contribution < -0.4 is 4.90 Å². The summed E-state index contributed by atoms with van der Waals surface area (Å²) in [5.74, 6) is -0.739. The molecule has 0 bridgehead atoms. The summed E-state index contributed by atoms with van der Waals surface area (Å²) >= 11 is 7.55. The molecule has 1 amide bonds. The average molecular weight is 429 g/mol. The van der Waals surface area contributed by atoms with Gasteiger partial charge in [-0.2, -0.15) is 0 Å². The number of esters is 1. The Hall–Kier alpha value is -2.70. The molecule has 150 valence electrons. The molecule has 0 saturated heterocycles. The highest BCUT2D eigenvalue weighted by Crippen LogP contribution is 2.29. The Morgan fingerprint density at radius 2 is 1.79 bits per heavy atom. The third-order valence-corrected chi connectivity index (χ3v) is 5.62. The third kappa shape index (κ3) is 5.02. The molecule has 0 N–H and O–H groups in total. The number of thiazole rings is 1. The normalized spacial score (nSPS) is 10.6. The zero-order chi connectivity index (χ0) is 20.8. The van der Waals surface area contributed by atoms with Crippen molar-refractivity contribution >= 4 is 39.9 Å². The van der Waals surface area contributed by atoms with Crippen molar-refractivity contribution in [2.24, 2.45) is 0 Å². The zero-order valence-corrected chi connectivity index (χ0v) is 17.8. The summed E-state index contributed by atoms with van der Waals surface area (Å²) in [6.07, 6.45) is 0.643. The maximum atomic E-state index is 13.3. The molecule has 0 radical (unpaired) electrons. The van der Waals surface area contributed by atoms with Crippen LogP contribution in [0.5, 0.6) is 0 Å². The van der Waals surface area contributed by atoms with Crippen LogP contribution in [0.3, 0.4) is 0 Å². The number of ether oxygens (including phenoxy) is 1. The molecule has 0 saturated carbocycles. The fraction of sp³-hybridized carbons (Fsp3) is 0.227. The van der Waals surface area contributed by atoms with Crippen LogP contribution in [-0.4, -0.2) is 30.0 Å². The molecule has 1 heterocycles. The van der Waals surface area contributed by atoms with Crippen molar-refractivity contribution in [2.75, 3.05) is 18.1 Å². The summed E-state index contributed by atoms with van der Waals surface area (Å²) in [5.41, 5.74) is 1.74. The van der Waals surface area contributed by atoms with Crippen molar-refractivity contribution in [1.82, 2.24) is 4.98 Å². The molecule has 0 fully saturated rings. The van der Waals surface area contributed by atoms with E-state index in [0.29, 0.717) is 33.6 Å². The number of hydrogen-bond acceptors (Lipinski definition) is 5. The van der Waals surface area contributed by atoms with Crippen LogP contribution in [0.1, 0.15) is 38.2 Å². The van der Waals surface area contributed by atoms with E-state index in [1.54, 1.807) is 43.0 Å². The van der Waals surface area contributed by atoms with E-state index in [-0.39, 0.29) is 18.2 Å². The molecule has 1 aromatic heterocycles. The van der Waals surface area contributed by atoms with Gasteiger partial charge in [0.1, 0.15) is 0 Å². The maximum Gasteiger partial charge on any atom is 0.358 e. The van der Waals surface area contributed by atoms with Crippen LogP contribution in [-0.2, 0) is 11.2 Å². The predicted octanol–water partition coefficient (Wildman–Crippen LogP) is 5.17. The number of rotatable bonds is 7. The number of carbonyl (C=O) groups is 2. The SMILES string of the molecule is CCOC(=O)c1nc(N(CCc2ccccc2)C(=O)c2ccccc2Cl)sc1C. The number of halogens is 1. The van der Waals surface area contributed by atoms with Crippen molar-refractivity contribution < 1.29 is 14.3 Å². The summed E-state index contributed by atoms with van der Waals surface area (Å²) in [5, 5.41) is 0.826. The summed E-state index contributed by atoms with van der Waals surface area (Å²) in [7, 11) is 0. The van der Waals surface area contributed by atoms with Gasteiger partial charge < -0.3 is 4.74 Å². The Morgan fingerprint density at radius 1 is 1.10 bits per heavy atom. The zero-order valence-electron chi connectivity index (χ0n) is 16.2. The van der Waals surface area contributed by atoms with Gasteiger partial charge in [-0.05, 0) is 38.0 Å². The first-order valence-corrected chi connectivity index (χ1v) is 10.5. The topological polar surface area (TPSA) is 59.5 Å². The second-order valence-electron chi connectivity index (χ2n) is 6.29. The Morgan fingerprint density at radius 3 is 2.48 bits per heavy atom. The quantitative estimate of drug-likeness (QED) is 0.487. The van der Waals surface area contributed by atoms with E-state index in [1.807, 2.05) is 30.3 Å². The number of aryl methyl sites for hydroxylation is 1. The molecule has 0 aliphatic heterocycles. The lowest BCUT2D eigenvalue weighted by atomic mass is 10.1. The summed E-state index contributed by atoms with van der Waals surface area (Å²) in [4.78, 5) is 32.2. The van der Waals surface area contributed by atoms with Gasteiger partial charge in [0, 0.05) is 11.4 Å². The standard InChI is InChI=1S/C22H21ClN2O3S/c1-3-28-21(27)19-15(2)29-22(24-19)25(14-13-16-9-5-4-6-10-16)20(26)17-11-7-8-12-18(17)23/h4-12H,3,13-14H2,1-2H3. The van der Waals surface area contributed by atoms with Crippen LogP contribution in [0, 0.1) is 6.92 Å². The highest BCUT2D eigenvalue weighted by molar-refractivity contribution is 7.16. The van der Waals surface area contributed by atoms with Gasteiger partial charge in [-0.15, -0.1) is 11.3 Å². The summed E-state index contributed by atoms with van der Waals surface area (Å²) in [6.45, 7) is 4.21. The van der Waals surface area contributed by atoms with E-state index in [2.05, 4.69) is 4.98 Å². The van der Waals surface area contributed by atoms with Gasteiger partial charge in [0.05, 0.1) is 17.2 Å². The molecule has 7 heteroatoms. The number of aromatic nitrogens is 1. The smallest absolute Gasteiger partial charge is 0.358 e. The van der Waals surface area contributed by atoms with Crippen LogP contribution in [0.2, 0.25) is 5.02 Å². The van der Waals surface area contributed by atoms with E-state index in [1.165, 1.54) is 11.3 Å². The van der Waals surface area contributed by atoms with Gasteiger partial charge in [0.25, 0.3) is 5.91 Å². The molecule has 3 aromatic rings. The Bertz CT molecular complexity index is 1000. The van der Waals surface area contributed by atoms with E-state index >= 15 is 0 Å². The number of nitrogens with zero attached hydrogens (tertiary/aromatic N) is 2. The van der Waals surface area contributed by atoms with Crippen molar-refractivity contribution in [3.8, 4) is 0 Å². The van der Waals surface area contributed by atoms with E-state index in [4.69, 9.17) is 16.3 Å². The minimum atomic E-state index is -0.485. The van der Waals surface area contributed by atoms with Crippen molar-refractivity contribution in [1.29, 1.82) is 0 Å². The average Bonchev–Trinajstić information content (AvgIpc) is 3.11. The van der Waals surface area contributed by atoms with Crippen LogP contribution in [0.15, 0.2) is 54.6 Å². The molecule has 5 nitrogen and oxygen atoms in total. The molecular formula is C22H21ClN2O3S. The second-order valence-corrected chi connectivity index (χ2v) is 7.88. The first kappa shape index (κ1) is 21.0. The number of anilines is 1. The first-order valence-electron chi connectivity index (χ1n) is 9.26. The minimum absolute atomic E-state index is 0.239. The van der Waals surface area contributed by atoms with Gasteiger partial charge >= 0.3 is 5.97 Å². The molecule has 0 aliphatic rings. The fourth-order valence-electron chi connectivity index (χ4n) is 2.84. The summed E-state index contributed by atoms with van der Waals surface area (Å²) in [6, 6.07) is 16.8. The van der Waals surface area contributed by atoms with Crippen LogP contribution >= 0.6 is 22.9 Å². The molecule has 29 heavy (non-hydrogen) atoms. The monoisotopic (exact) mass is 428 g/mol. The Kier molecular flexibility index (Phi) is 7.01. The number of amides is 1. The fourth-order valence-corrected chi connectivity index (χ4v) is 3.97. The Balaban J connectivity index is 1.94. The first-order chi connectivity index (χ1) is 14.0. The second kappa shape index (κ2) is 9.67. The van der Waals surface area contributed by atoms with Crippen LogP contribution in [0.4, 0.5) is 5.13 Å². The maximum absolute atomic E-state index is 13.3. The molecule has 0 unspecified atom stereocenters. The van der Waals surface area contributed by atoms with Gasteiger partial charge in [0.15, 0.2) is 10.8 Å².